The summed E-state index contributed by atoms with van der Waals surface area (Å²) in [5.74, 6) is -2.30. The first-order valence-corrected chi connectivity index (χ1v) is 4.31. The zero-order valence-electron chi connectivity index (χ0n) is 7.88. The Bertz CT molecular complexity index is 273. The van der Waals surface area contributed by atoms with Crippen molar-refractivity contribution in [2.24, 2.45) is 0 Å². The van der Waals surface area contributed by atoms with E-state index in [9.17, 15) is 19.5 Å². The molecule has 7 heteroatoms. The van der Waals surface area contributed by atoms with E-state index in [1.807, 2.05) is 0 Å². The van der Waals surface area contributed by atoms with Gasteiger partial charge in [-0.15, -0.1) is 0 Å². The first-order chi connectivity index (χ1) is 7.00. The van der Waals surface area contributed by atoms with Gasteiger partial charge in [0.15, 0.2) is 0 Å². The molecular formula is C8H11NO6. The molecule has 7 nitrogen and oxygen atoms in total. The summed E-state index contributed by atoms with van der Waals surface area (Å²) in [6.45, 7) is -0.732. The van der Waals surface area contributed by atoms with Crippen LogP contribution in [0.2, 0.25) is 0 Å². The van der Waals surface area contributed by atoms with Crippen molar-refractivity contribution in [1.29, 1.82) is 0 Å². The fourth-order valence-corrected chi connectivity index (χ4v) is 1.20. The van der Waals surface area contributed by atoms with Gasteiger partial charge in [-0.05, 0) is 0 Å². The summed E-state index contributed by atoms with van der Waals surface area (Å²) in [6.07, 6.45) is -1.74. The molecule has 15 heavy (non-hydrogen) atoms. The molecule has 1 saturated heterocycles. The molecule has 2 N–H and O–H groups in total. The van der Waals surface area contributed by atoms with Gasteiger partial charge in [0.1, 0.15) is 13.2 Å². The van der Waals surface area contributed by atoms with Gasteiger partial charge in [-0.3, -0.25) is 19.3 Å². The van der Waals surface area contributed by atoms with Crippen molar-refractivity contribution in [3.8, 4) is 0 Å². The Labute approximate surface area is 85.2 Å². The number of nitrogens with zero attached hydrogens (tertiary/aromatic N) is 1. The molecule has 0 aliphatic carbocycles. The van der Waals surface area contributed by atoms with E-state index in [0.717, 1.165) is 4.90 Å². The number of imide groups is 1. The lowest BCUT2D eigenvalue weighted by molar-refractivity contribution is -0.161. The Hall–Kier alpha value is -1.47. The number of hydrogen-bond donors (Lipinski definition) is 2. The third-order valence-corrected chi connectivity index (χ3v) is 1.86. The molecule has 0 aromatic carbocycles. The average Bonchev–Trinajstić information content (AvgIpc) is 2.10. The van der Waals surface area contributed by atoms with Crippen molar-refractivity contribution in [3.05, 3.63) is 0 Å². The van der Waals surface area contributed by atoms with Crippen molar-refractivity contribution in [2.75, 3.05) is 19.8 Å². The highest BCUT2D eigenvalue weighted by atomic mass is 16.5. The largest absolute Gasteiger partial charge is 0.481 e. The number of carboxylic acids is 1. The third kappa shape index (κ3) is 3.30. The van der Waals surface area contributed by atoms with Gasteiger partial charge in [-0.2, -0.15) is 0 Å². The van der Waals surface area contributed by atoms with E-state index >= 15 is 0 Å². The van der Waals surface area contributed by atoms with Gasteiger partial charge in [0.05, 0.1) is 19.1 Å². The number of aliphatic hydroxyl groups is 1. The standard InChI is InChI=1S/C8H11NO6/c10-5(1-8(13)14)2-9-6(11)3-15-4-7(9)12/h5,10H,1-4H2,(H,13,14). The van der Waals surface area contributed by atoms with Gasteiger partial charge >= 0.3 is 5.97 Å². The summed E-state index contributed by atoms with van der Waals surface area (Å²) in [5, 5.41) is 17.6. The highest BCUT2D eigenvalue weighted by Crippen LogP contribution is 2.04. The van der Waals surface area contributed by atoms with Crippen LogP contribution in [-0.2, 0) is 19.1 Å². The second kappa shape index (κ2) is 4.85. The molecule has 1 atom stereocenters. The molecule has 0 aromatic heterocycles. The second-order valence-corrected chi connectivity index (χ2v) is 3.14. The second-order valence-electron chi connectivity index (χ2n) is 3.14. The van der Waals surface area contributed by atoms with Crippen LogP contribution >= 0.6 is 0 Å². The summed E-state index contributed by atoms with van der Waals surface area (Å²) >= 11 is 0. The zero-order valence-corrected chi connectivity index (χ0v) is 7.88. The maximum Gasteiger partial charge on any atom is 0.306 e. The Balaban J connectivity index is 2.51. The molecule has 1 unspecified atom stereocenters. The first-order valence-electron chi connectivity index (χ1n) is 4.31. The minimum absolute atomic E-state index is 0.217. The molecule has 1 rings (SSSR count). The van der Waals surface area contributed by atoms with Crippen LogP contribution in [0.4, 0.5) is 0 Å². The van der Waals surface area contributed by atoms with Crippen molar-refractivity contribution in [3.63, 3.8) is 0 Å². The fourth-order valence-electron chi connectivity index (χ4n) is 1.20. The lowest BCUT2D eigenvalue weighted by Gasteiger charge is -2.26. The quantitative estimate of drug-likeness (QED) is 0.539. The highest BCUT2D eigenvalue weighted by Gasteiger charge is 2.28. The number of aliphatic carboxylic acids is 1. The molecule has 0 aromatic rings. The van der Waals surface area contributed by atoms with E-state index in [-0.39, 0.29) is 19.8 Å². The number of morpholine rings is 1. The summed E-state index contributed by atoms with van der Waals surface area (Å²) in [7, 11) is 0. The lowest BCUT2D eigenvalue weighted by Crippen LogP contribution is -2.49. The minimum atomic E-state index is -1.24. The summed E-state index contributed by atoms with van der Waals surface area (Å²) < 4.78 is 4.65. The Morgan fingerprint density at radius 2 is 1.93 bits per heavy atom. The van der Waals surface area contributed by atoms with Gasteiger partial charge in [0.2, 0.25) is 0 Å². The van der Waals surface area contributed by atoms with Crippen LogP contribution in [0.3, 0.4) is 0 Å². The molecule has 0 bridgehead atoms. The van der Waals surface area contributed by atoms with E-state index in [4.69, 9.17) is 5.11 Å². The maximum atomic E-state index is 11.1. The van der Waals surface area contributed by atoms with Gasteiger partial charge in [-0.1, -0.05) is 0 Å². The Kier molecular flexibility index (Phi) is 3.75. The SMILES string of the molecule is O=C(O)CC(O)CN1C(=O)COCC1=O. The van der Waals surface area contributed by atoms with E-state index < -0.39 is 30.3 Å². The van der Waals surface area contributed by atoms with Gasteiger partial charge < -0.3 is 14.9 Å². The zero-order chi connectivity index (χ0) is 11.4. The normalized spacial score (nSPS) is 19.1. The fraction of sp³-hybridized carbons (Fsp3) is 0.625. The predicted molar refractivity (Wildman–Crippen MR) is 45.8 cm³/mol. The molecular weight excluding hydrogens is 206 g/mol. The molecule has 1 aliphatic rings. The number of carboxylic acid groups (broad SMARTS) is 1. The Morgan fingerprint density at radius 3 is 2.40 bits per heavy atom. The third-order valence-electron chi connectivity index (χ3n) is 1.86. The lowest BCUT2D eigenvalue weighted by atomic mass is 10.2. The van der Waals surface area contributed by atoms with Gasteiger partial charge in [-0.25, -0.2) is 0 Å². The van der Waals surface area contributed by atoms with Gasteiger partial charge in [0.25, 0.3) is 11.8 Å². The molecule has 84 valence electrons. The molecule has 1 fully saturated rings. The van der Waals surface area contributed by atoms with E-state index in [0.29, 0.717) is 0 Å². The summed E-state index contributed by atoms with van der Waals surface area (Å²) in [4.78, 5) is 33.4. The molecule has 0 spiro atoms. The molecule has 1 heterocycles. The predicted octanol–water partition coefficient (Wildman–Crippen LogP) is -1.79. The number of aliphatic hydroxyl groups excluding tert-OH is 1. The van der Waals surface area contributed by atoms with Gasteiger partial charge in [0, 0.05) is 0 Å². The topological polar surface area (TPSA) is 104 Å². The van der Waals surface area contributed by atoms with Crippen LogP contribution in [0, 0.1) is 0 Å². The number of hydrogen-bond acceptors (Lipinski definition) is 5. The number of β-amino-alcohol motifs (C(OH)–C–C–N with tert-alkyl or cyclic N) is 1. The highest BCUT2D eigenvalue weighted by molar-refractivity contribution is 5.98. The van der Waals surface area contributed by atoms with Crippen LogP contribution in [0.25, 0.3) is 0 Å². The maximum absolute atomic E-state index is 11.1. The average molecular weight is 217 g/mol. The van der Waals surface area contributed by atoms with E-state index in [1.54, 1.807) is 0 Å². The summed E-state index contributed by atoms with van der Waals surface area (Å²) in [6, 6.07) is 0. The number of carbonyl (C=O) groups is 3. The van der Waals surface area contributed by atoms with Crippen molar-refractivity contribution < 1.29 is 29.3 Å². The van der Waals surface area contributed by atoms with Crippen LogP contribution < -0.4 is 0 Å². The Morgan fingerprint density at radius 1 is 1.40 bits per heavy atom. The van der Waals surface area contributed by atoms with Crippen LogP contribution in [0.15, 0.2) is 0 Å². The summed E-state index contributed by atoms with van der Waals surface area (Å²) in [5.41, 5.74) is 0. The monoisotopic (exact) mass is 217 g/mol. The van der Waals surface area contributed by atoms with E-state index in [2.05, 4.69) is 4.74 Å². The molecule has 0 radical (unpaired) electrons. The van der Waals surface area contributed by atoms with Crippen LogP contribution in [0.1, 0.15) is 6.42 Å². The molecule has 2 amide bonds. The van der Waals surface area contributed by atoms with Crippen molar-refractivity contribution in [2.45, 2.75) is 12.5 Å². The number of rotatable bonds is 4. The minimum Gasteiger partial charge on any atom is -0.481 e. The number of ether oxygens (including phenoxy) is 1. The molecule has 1 aliphatic heterocycles. The molecule has 0 saturated carbocycles. The smallest absolute Gasteiger partial charge is 0.306 e. The van der Waals surface area contributed by atoms with Crippen LogP contribution in [-0.4, -0.2) is 58.8 Å². The van der Waals surface area contributed by atoms with Crippen molar-refractivity contribution in [1.82, 2.24) is 4.90 Å². The first kappa shape index (κ1) is 11.6. The van der Waals surface area contributed by atoms with E-state index in [1.165, 1.54) is 0 Å². The number of carbonyl (C=O) groups excluding carboxylic acids is 2. The van der Waals surface area contributed by atoms with Crippen molar-refractivity contribution >= 4 is 17.8 Å². The van der Waals surface area contributed by atoms with Crippen LogP contribution in [0.5, 0.6) is 0 Å². The number of amides is 2.